The second kappa shape index (κ2) is 6.03. The fraction of sp³-hybridized carbons (Fsp3) is 0.214. The van der Waals surface area contributed by atoms with E-state index >= 15 is 0 Å². The molecule has 0 amide bonds. The molecule has 0 radical (unpaired) electrons. The third-order valence-electron chi connectivity index (χ3n) is 2.65. The summed E-state index contributed by atoms with van der Waals surface area (Å²) in [6.45, 7) is 2.70. The maximum absolute atomic E-state index is 13.8. The SMILES string of the molecule is Cc1nccc(CNCc2cccc(C#N)c2F)n1. The minimum Gasteiger partial charge on any atom is -0.307 e. The quantitative estimate of drug-likeness (QED) is 0.909. The molecule has 0 bridgehead atoms. The van der Waals surface area contributed by atoms with Crippen LogP contribution in [0.15, 0.2) is 30.5 Å². The molecule has 1 aromatic carbocycles. The summed E-state index contributed by atoms with van der Waals surface area (Å²) in [5.41, 5.74) is 1.39. The molecular formula is C14H13FN4. The van der Waals surface area contributed by atoms with Crippen LogP contribution in [-0.2, 0) is 13.1 Å². The largest absolute Gasteiger partial charge is 0.307 e. The first-order valence-corrected chi connectivity index (χ1v) is 5.87. The molecule has 0 fully saturated rings. The number of nitriles is 1. The van der Waals surface area contributed by atoms with Gasteiger partial charge in [-0.25, -0.2) is 14.4 Å². The predicted molar refractivity (Wildman–Crippen MR) is 68.4 cm³/mol. The lowest BCUT2D eigenvalue weighted by molar-refractivity contribution is 0.582. The fourth-order valence-corrected chi connectivity index (χ4v) is 1.73. The molecule has 2 aromatic rings. The van der Waals surface area contributed by atoms with Gasteiger partial charge >= 0.3 is 0 Å². The van der Waals surface area contributed by atoms with E-state index in [0.717, 1.165) is 5.69 Å². The van der Waals surface area contributed by atoms with Crippen LogP contribution in [0.5, 0.6) is 0 Å². The number of aryl methyl sites for hydroxylation is 1. The van der Waals surface area contributed by atoms with Crippen molar-refractivity contribution in [2.45, 2.75) is 20.0 Å². The van der Waals surface area contributed by atoms with Crippen LogP contribution in [0.2, 0.25) is 0 Å². The number of benzene rings is 1. The molecule has 0 spiro atoms. The van der Waals surface area contributed by atoms with Crippen molar-refractivity contribution < 1.29 is 4.39 Å². The number of hydrogen-bond donors (Lipinski definition) is 1. The molecule has 1 N–H and O–H groups in total. The monoisotopic (exact) mass is 256 g/mol. The fourth-order valence-electron chi connectivity index (χ4n) is 1.73. The number of nitrogens with zero attached hydrogens (tertiary/aromatic N) is 3. The lowest BCUT2D eigenvalue weighted by Gasteiger charge is -2.06. The Bertz CT molecular complexity index is 619. The number of aromatic nitrogens is 2. The summed E-state index contributed by atoms with van der Waals surface area (Å²) in [4.78, 5) is 8.25. The summed E-state index contributed by atoms with van der Waals surface area (Å²) in [6, 6.07) is 8.44. The van der Waals surface area contributed by atoms with E-state index in [1.54, 1.807) is 18.3 Å². The minimum atomic E-state index is -0.462. The van der Waals surface area contributed by atoms with Crippen molar-refractivity contribution in [3.8, 4) is 6.07 Å². The minimum absolute atomic E-state index is 0.0668. The normalized spacial score (nSPS) is 10.2. The lowest BCUT2D eigenvalue weighted by Crippen LogP contribution is -2.15. The molecule has 1 aromatic heterocycles. The lowest BCUT2D eigenvalue weighted by atomic mass is 10.1. The van der Waals surface area contributed by atoms with Crippen molar-refractivity contribution in [1.29, 1.82) is 5.26 Å². The van der Waals surface area contributed by atoms with Crippen LogP contribution in [0.25, 0.3) is 0 Å². The Kier molecular flexibility index (Phi) is 4.16. The molecule has 0 unspecified atom stereocenters. The second-order valence-corrected chi connectivity index (χ2v) is 4.09. The van der Waals surface area contributed by atoms with Crippen molar-refractivity contribution in [2.24, 2.45) is 0 Å². The summed E-state index contributed by atoms with van der Waals surface area (Å²) < 4.78 is 13.8. The number of rotatable bonds is 4. The Morgan fingerprint density at radius 2 is 2.16 bits per heavy atom. The average Bonchev–Trinajstić information content (AvgIpc) is 2.41. The summed E-state index contributed by atoms with van der Waals surface area (Å²) >= 11 is 0. The summed E-state index contributed by atoms with van der Waals surface area (Å²) in [6.07, 6.45) is 1.69. The number of nitrogens with one attached hydrogen (secondary N) is 1. The van der Waals surface area contributed by atoms with E-state index in [0.29, 0.717) is 24.5 Å². The van der Waals surface area contributed by atoms with Gasteiger partial charge in [-0.15, -0.1) is 0 Å². The van der Waals surface area contributed by atoms with Gasteiger partial charge in [0.05, 0.1) is 11.3 Å². The Labute approximate surface area is 110 Å². The van der Waals surface area contributed by atoms with Crippen LogP contribution < -0.4 is 5.32 Å². The van der Waals surface area contributed by atoms with Crippen LogP contribution in [0.1, 0.15) is 22.6 Å². The van der Waals surface area contributed by atoms with E-state index in [1.807, 2.05) is 19.1 Å². The molecule has 0 saturated heterocycles. The van der Waals surface area contributed by atoms with Crippen LogP contribution in [0.4, 0.5) is 4.39 Å². The molecular weight excluding hydrogens is 243 g/mol. The predicted octanol–water partition coefficient (Wildman–Crippen LogP) is 2.09. The standard InChI is InChI=1S/C14H13FN4/c1-10-18-6-5-13(19-10)9-17-8-12-4-2-3-11(7-16)14(12)15/h2-6,17H,8-9H2,1H3. The van der Waals surface area contributed by atoms with Crippen LogP contribution >= 0.6 is 0 Å². The average molecular weight is 256 g/mol. The Hall–Kier alpha value is -2.32. The zero-order valence-corrected chi connectivity index (χ0v) is 10.5. The highest BCUT2D eigenvalue weighted by Crippen LogP contribution is 2.11. The smallest absolute Gasteiger partial charge is 0.145 e. The highest BCUT2D eigenvalue weighted by Gasteiger charge is 2.06. The highest BCUT2D eigenvalue weighted by atomic mass is 19.1. The van der Waals surface area contributed by atoms with Gasteiger partial charge in [-0.1, -0.05) is 12.1 Å². The van der Waals surface area contributed by atoms with Crippen LogP contribution in [-0.4, -0.2) is 9.97 Å². The van der Waals surface area contributed by atoms with E-state index < -0.39 is 5.82 Å². The van der Waals surface area contributed by atoms with E-state index in [9.17, 15) is 4.39 Å². The maximum Gasteiger partial charge on any atom is 0.145 e. The van der Waals surface area contributed by atoms with Gasteiger partial charge in [0, 0.05) is 24.8 Å². The first-order chi connectivity index (χ1) is 9.20. The third-order valence-corrected chi connectivity index (χ3v) is 2.65. The van der Waals surface area contributed by atoms with Crippen LogP contribution in [0.3, 0.4) is 0 Å². The zero-order chi connectivity index (χ0) is 13.7. The summed E-state index contributed by atoms with van der Waals surface area (Å²) in [5.74, 6) is 0.244. The molecule has 0 aliphatic heterocycles. The Morgan fingerprint density at radius 3 is 2.89 bits per heavy atom. The first-order valence-electron chi connectivity index (χ1n) is 5.87. The third kappa shape index (κ3) is 3.33. The molecule has 96 valence electrons. The molecule has 0 aliphatic carbocycles. The number of hydrogen-bond acceptors (Lipinski definition) is 4. The van der Waals surface area contributed by atoms with Gasteiger partial charge < -0.3 is 5.32 Å². The molecule has 19 heavy (non-hydrogen) atoms. The topological polar surface area (TPSA) is 61.6 Å². The van der Waals surface area contributed by atoms with Gasteiger partial charge in [0.1, 0.15) is 17.7 Å². The van der Waals surface area contributed by atoms with Crippen molar-refractivity contribution in [2.75, 3.05) is 0 Å². The van der Waals surface area contributed by atoms with Gasteiger partial charge in [-0.2, -0.15) is 5.26 Å². The van der Waals surface area contributed by atoms with E-state index in [4.69, 9.17) is 5.26 Å². The first kappa shape index (κ1) is 13.1. The van der Waals surface area contributed by atoms with Gasteiger partial charge in [0.25, 0.3) is 0 Å². The van der Waals surface area contributed by atoms with Gasteiger partial charge in [-0.3, -0.25) is 0 Å². The van der Waals surface area contributed by atoms with Crippen molar-refractivity contribution in [1.82, 2.24) is 15.3 Å². The Balaban J connectivity index is 1.98. The van der Waals surface area contributed by atoms with Crippen molar-refractivity contribution in [3.05, 3.63) is 58.9 Å². The van der Waals surface area contributed by atoms with Gasteiger partial charge in [0.2, 0.25) is 0 Å². The van der Waals surface area contributed by atoms with Crippen molar-refractivity contribution >= 4 is 0 Å². The van der Waals surface area contributed by atoms with E-state index in [1.165, 1.54) is 6.07 Å². The van der Waals surface area contributed by atoms with Crippen molar-refractivity contribution in [3.63, 3.8) is 0 Å². The maximum atomic E-state index is 13.8. The molecule has 0 aliphatic rings. The molecule has 0 saturated carbocycles. The molecule has 4 nitrogen and oxygen atoms in total. The number of halogens is 1. The van der Waals surface area contributed by atoms with E-state index in [2.05, 4.69) is 15.3 Å². The van der Waals surface area contributed by atoms with Crippen LogP contribution in [0, 0.1) is 24.1 Å². The molecule has 2 rings (SSSR count). The zero-order valence-electron chi connectivity index (χ0n) is 10.5. The summed E-state index contributed by atoms with van der Waals surface area (Å²) in [7, 11) is 0. The summed E-state index contributed by atoms with van der Waals surface area (Å²) in [5, 5.41) is 11.8. The van der Waals surface area contributed by atoms with Gasteiger partial charge in [-0.05, 0) is 19.1 Å². The molecule has 0 atom stereocenters. The van der Waals surface area contributed by atoms with E-state index in [-0.39, 0.29) is 5.56 Å². The highest BCUT2D eigenvalue weighted by molar-refractivity contribution is 5.34. The second-order valence-electron chi connectivity index (χ2n) is 4.09. The van der Waals surface area contributed by atoms with Gasteiger partial charge in [0.15, 0.2) is 0 Å². The Morgan fingerprint density at radius 1 is 1.32 bits per heavy atom. The molecule has 1 heterocycles. The molecule has 5 heteroatoms.